The van der Waals surface area contributed by atoms with E-state index in [2.05, 4.69) is 15.3 Å². The smallest absolute Gasteiger partial charge is 0.171 e. The summed E-state index contributed by atoms with van der Waals surface area (Å²) in [5, 5.41) is 3.44. The number of hydrogen-bond acceptors (Lipinski definition) is 4. The molecule has 0 saturated heterocycles. The minimum Gasteiger partial charge on any atom is -0.455 e. The number of aromatic nitrogens is 2. The van der Waals surface area contributed by atoms with Gasteiger partial charge in [-0.1, -0.05) is 41.9 Å². The Labute approximate surface area is 127 Å². The summed E-state index contributed by atoms with van der Waals surface area (Å²) in [5.74, 6) is 1.94. The summed E-state index contributed by atoms with van der Waals surface area (Å²) < 4.78 is 5.87. The maximum atomic E-state index is 6.01. The molecule has 21 heavy (non-hydrogen) atoms. The zero-order chi connectivity index (χ0) is 14.5. The van der Waals surface area contributed by atoms with Gasteiger partial charge in [0.2, 0.25) is 0 Å². The van der Waals surface area contributed by atoms with Gasteiger partial charge in [0, 0.05) is 12.4 Å². The Kier molecular flexibility index (Phi) is 3.98. The SMILES string of the molecule is Clc1nccnc1Nc1ccccc1Oc1ccccc1. The lowest BCUT2D eigenvalue weighted by molar-refractivity contribution is 0.485. The molecule has 0 unspecified atom stereocenters. The molecule has 0 bridgehead atoms. The lowest BCUT2D eigenvalue weighted by Gasteiger charge is -2.12. The topological polar surface area (TPSA) is 47.0 Å². The van der Waals surface area contributed by atoms with E-state index in [9.17, 15) is 0 Å². The van der Waals surface area contributed by atoms with Crippen molar-refractivity contribution in [2.75, 3.05) is 5.32 Å². The van der Waals surface area contributed by atoms with Crippen LogP contribution in [0.1, 0.15) is 0 Å². The predicted octanol–water partition coefficient (Wildman–Crippen LogP) is 4.67. The lowest BCUT2D eigenvalue weighted by Crippen LogP contribution is -1.97. The van der Waals surface area contributed by atoms with E-state index in [4.69, 9.17) is 16.3 Å². The molecule has 1 heterocycles. The van der Waals surface area contributed by atoms with E-state index in [1.165, 1.54) is 0 Å². The molecule has 0 atom stereocenters. The fourth-order valence-corrected chi connectivity index (χ4v) is 1.96. The van der Waals surface area contributed by atoms with Gasteiger partial charge in [0.05, 0.1) is 5.69 Å². The summed E-state index contributed by atoms with van der Waals surface area (Å²) in [6.45, 7) is 0. The zero-order valence-electron chi connectivity index (χ0n) is 11.0. The average Bonchev–Trinajstić information content (AvgIpc) is 2.52. The molecule has 3 rings (SSSR count). The van der Waals surface area contributed by atoms with Crippen LogP contribution in [0.4, 0.5) is 11.5 Å². The van der Waals surface area contributed by atoms with Crippen molar-refractivity contribution < 1.29 is 4.74 Å². The first-order chi connectivity index (χ1) is 10.3. The van der Waals surface area contributed by atoms with E-state index < -0.39 is 0 Å². The third kappa shape index (κ3) is 3.30. The summed E-state index contributed by atoms with van der Waals surface area (Å²) in [5.41, 5.74) is 0.767. The van der Waals surface area contributed by atoms with Gasteiger partial charge >= 0.3 is 0 Å². The second-order valence-electron chi connectivity index (χ2n) is 4.23. The number of ether oxygens (including phenoxy) is 1. The Bertz CT molecular complexity index is 734. The second-order valence-corrected chi connectivity index (χ2v) is 4.59. The minimum absolute atomic E-state index is 0.312. The monoisotopic (exact) mass is 297 g/mol. The van der Waals surface area contributed by atoms with Crippen LogP contribution in [0.25, 0.3) is 0 Å². The van der Waals surface area contributed by atoms with E-state index >= 15 is 0 Å². The molecular weight excluding hydrogens is 286 g/mol. The van der Waals surface area contributed by atoms with Gasteiger partial charge in [-0.15, -0.1) is 0 Å². The molecule has 1 aromatic heterocycles. The number of anilines is 2. The van der Waals surface area contributed by atoms with Crippen molar-refractivity contribution >= 4 is 23.1 Å². The van der Waals surface area contributed by atoms with Crippen LogP contribution in [0.3, 0.4) is 0 Å². The van der Waals surface area contributed by atoms with Gasteiger partial charge in [-0.3, -0.25) is 0 Å². The van der Waals surface area contributed by atoms with Crippen LogP contribution < -0.4 is 10.1 Å². The van der Waals surface area contributed by atoms with Crippen molar-refractivity contribution in [1.29, 1.82) is 0 Å². The molecule has 0 spiro atoms. The van der Waals surface area contributed by atoms with E-state index in [1.54, 1.807) is 12.4 Å². The van der Waals surface area contributed by atoms with Crippen LogP contribution in [-0.2, 0) is 0 Å². The van der Waals surface area contributed by atoms with Crippen LogP contribution in [0.5, 0.6) is 11.5 Å². The van der Waals surface area contributed by atoms with Crippen molar-refractivity contribution in [3.63, 3.8) is 0 Å². The number of halogens is 1. The van der Waals surface area contributed by atoms with E-state index in [-0.39, 0.29) is 0 Å². The Balaban J connectivity index is 1.88. The third-order valence-electron chi connectivity index (χ3n) is 2.76. The minimum atomic E-state index is 0.312. The molecule has 3 aromatic rings. The Hall–Kier alpha value is -2.59. The van der Waals surface area contributed by atoms with Gasteiger partial charge in [0.25, 0.3) is 0 Å². The zero-order valence-corrected chi connectivity index (χ0v) is 11.8. The van der Waals surface area contributed by atoms with Crippen LogP contribution in [0, 0.1) is 0 Å². The fourth-order valence-electron chi connectivity index (χ4n) is 1.81. The average molecular weight is 298 g/mol. The van der Waals surface area contributed by atoms with E-state index in [0.29, 0.717) is 16.7 Å². The molecule has 4 nitrogen and oxygen atoms in total. The summed E-state index contributed by atoms with van der Waals surface area (Å²) >= 11 is 6.01. The lowest BCUT2D eigenvalue weighted by atomic mass is 10.3. The highest BCUT2D eigenvalue weighted by Crippen LogP contribution is 2.32. The van der Waals surface area contributed by atoms with Gasteiger partial charge in [0.1, 0.15) is 5.75 Å². The van der Waals surface area contributed by atoms with Crippen molar-refractivity contribution in [3.05, 3.63) is 72.1 Å². The maximum Gasteiger partial charge on any atom is 0.171 e. The van der Waals surface area contributed by atoms with Gasteiger partial charge in [-0.05, 0) is 24.3 Å². The highest BCUT2D eigenvalue weighted by molar-refractivity contribution is 6.31. The Morgan fingerprint density at radius 1 is 0.857 bits per heavy atom. The van der Waals surface area contributed by atoms with Crippen LogP contribution in [0.15, 0.2) is 67.0 Å². The third-order valence-corrected chi connectivity index (χ3v) is 3.04. The van der Waals surface area contributed by atoms with Gasteiger partial charge in [0.15, 0.2) is 16.7 Å². The molecule has 0 amide bonds. The molecule has 0 radical (unpaired) electrons. The van der Waals surface area contributed by atoms with Crippen molar-refractivity contribution in [2.45, 2.75) is 0 Å². The summed E-state index contributed by atoms with van der Waals surface area (Å²) in [6, 6.07) is 17.2. The van der Waals surface area contributed by atoms with Gasteiger partial charge in [-0.25, -0.2) is 9.97 Å². The first kappa shape index (κ1) is 13.4. The normalized spacial score (nSPS) is 10.1. The largest absolute Gasteiger partial charge is 0.455 e. The molecule has 0 saturated carbocycles. The van der Waals surface area contributed by atoms with Crippen LogP contribution >= 0.6 is 11.6 Å². The van der Waals surface area contributed by atoms with E-state index in [0.717, 1.165) is 11.4 Å². The molecule has 0 aliphatic carbocycles. The van der Waals surface area contributed by atoms with Crippen molar-refractivity contribution in [2.24, 2.45) is 0 Å². The summed E-state index contributed by atoms with van der Waals surface area (Å²) in [4.78, 5) is 8.15. The van der Waals surface area contributed by atoms with Gasteiger partial charge in [-0.2, -0.15) is 0 Å². The second kappa shape index (κ2) is 6.24. The van der Waals surface area contributed by atoms with Crippen LogP contribution in [-0.4, -0.2) is 9.97 Å². The highest BCUT2D eigenvalue weighted by atomic mass is 35.5. The molecule has 0 aliphatic heterocycles. The first-order valence-electron chi connectivity index (χ1n) is 6.38. The van der Waals surface area contributed by atoms with Gasteiger partial charge < -0.3 is 10.1 Å². The van der Waals surface area contributed by atoms with Crippen LogP contribution in [0.2, 0.25) is 5.15 Å². The molecule has 104 valence electrons. The predicted molar refractivity (Wildman–Crippen MR) is 83.3 cm³/mol. The fraction of sp³-hybridized carbons (Fsp3) is 0. The molecule has 0 fully saturated rings. The molecular formula is C16H12ClN3O. The number of benzene rings is 2. The number of nitrogens with zero attached hydrogens (tertiary/aromatic N) is 2. The molecule has 2 aromatic carbocycles. The number of nitrogens with one attached hydrogen (secondary N) is 1. The number of rotatable bonds is 4. The Morgan fingerprint density at radius 2 is 1.57 bits per heavy atom. The Morgan fingerprint density at radius 3 is 2.38 bits per heavy atom. The molecule has 1 N–H and O–H groups in total. The quantitative estimate of drug-likeness (QED) is 0.760. The van der Waals surface area contributed by atoms with Crippen molar-refractivity contribution in [3.8, 4) is 11.5 Å². The molecule has 0 aliphatic rings. The highest BCUT2D eigenvalue weighted by Gasteiger charge is 2.08. The summed E-state index contributed by atoms with van der Waals surface area (Å²) in [7, 11) is 0. The summed E-state index contributed by atoms with van der Waals surface area (Å²) in [6.07, 6.45) is 3.12. The number of hydrogen-bond donors (Lipinski definition) is 1. The van der Waals surface area contributed by atoms with E-state index in [1.807, 2.05) is 54.6 Å². The standard InChI is InChI=1S/C16H12ClN3O/c17-15-16(19-11-10-18-15)20-13-8-4-5-9-14(13)21-12-6-2-1-3-7-12/h1-11H,(H,19,20). The maximum absolute atomic E-state index is 6.01. The van der Waals surface area contributed by atoms with Crippen molar-refractivity contribution in [1.82, 2.24) is 9.97 Å². The first-order valence-corrected chi connectivity index (χ1v) is 6.76. The number of para-hydroxylation sites is 3. The molecule has 5 heteroatoms.